The van der Waals surface area contributed by atoms with Crippen LogP contribution in [-0.4, -0.2) is 0 Å². The van der Waals surface area contributed by atoms with Crippen LogP contribution in [0.2, 0.25) is 0 Å². The second-order valence-electron chi connectivity index (χ2n) is 4.31. The first kappa shape index (κ1) is 10.3. The molecule has 0 amide bonds. The molecule has 1 aliphatic carbocycles. The molecule has 0 bridgehead atoms. The number of allylic oxidation sites excluding steroid dienone is 2. The third kappa shape index (κ3) is 1.89. The minimum atomic E-state index is -0.956. The molecule has 2 aromatic rings. The van der Waals surface area contributed by atoms with Crippen LogP contribution in [0.25, 0.3) is 11.1 Å². The highest BCUT2D eigenvalue weighted by Gasteiger charge is 2.15. The molecule has 1 atom stereocenters. The van der Waals surface area contributed by atoms with Gasteiger partial charge < -0.3 is 0 Å². The Kier molecular flexibility index (Phi) is 2.52. The van der Waals surface area contributed by atoms with E-state index in [1.54, 1.807) is 6.08 Å². The normalized spacial score (nSPS) is 17.8. The van der Waals surface area contributed by atoms with Crippen molar-refractivity contribution in [1.82, 2.24) is 0 Å². The summed E-state index contributed by atoms with van der Waals surface area (Å²) >= 11 is 0. The Morgan fingerprint density at radius 1 is 0.941 bits per heavy atom. The highest BCUT2D eigenvalue weighted by Crippen LogP contribution is 2.31. The van der Waals surface area contributed by atoms with Crippen LogP contribution in [0.15, 0.2) is 60.7 Å². The van der Waals surface area contributed by atoms with Gasteiger partial charge in [-0.1, -0.05) is 48.5 Å². The smallest absolute Gasteiger partial charge is 0.144 e. The molecule has 0 heterocycles. The van der Waals surface area contributed by atoms with E-state index >= 15 is 0 Å². The predicted molar refractivity (Wildman–Crippen MR) is 68.6 cm³/mol. The number of hydrogen-bond donors (Lipinski definition) is 0. The maximum absolute atomic E-state index is 13.8. The summed E-state index contributed by atoms with van der Waals surface area (Å²) < 4.78 is 13.8. The first-order valence-electron chi connectivity index (χ1n) is 5.83. The van der Waals surface area contributed by atoms with Crippen LogP contribution >= 0.6 is 0 Å². The van der Waals surface area contributed by atoms with E-state index in [0.29, 0.717) is 0 Å². The zero-order valence-corrected chi connectivity index (χ0v) is 9.44. The van der Waals surface area contributed by atoms with Crippen molar-refractivity contribution in [2.24, 2.45) is 0 Å². The van der Waals surface area contributed by atoms with E-state index < -0.39 is 6.17 Å². The molecule has 1 aliphatic rings. The molecule has 0 aromatic heterocycles. The van der Waals surface area contributed by atoms with E-state index in [1.165, 1.54) is 0 Å². The van der Waals surface area contributed by atoms with Gasteiger partial charge in [0.15, 0.2) is 0 Å². The van der Waals surface area contributed by atoms with Crippen molar-refractivity contribution >= 4 is 0 Å². The van der Waals surface area contributed by atoms with Gasteiger partial charge in [0.2, 0.25) is 0 Å². The predicted octanol–water partition coefficient (Wildman–Crippen LogP) is 4.48. The fourth-order valence-electron chi connectivity index (χ4n) is 2.27. The molecular weight excluding hydrogens is 211 g/mol. The van der Waals surface area contributed by atoms with Crippen molar-refractivity contribution in [1.29, 1.82) is 0 Å². The van der Waals surface area contributed by atoms with Crippen molar-refractivity contribution in [3.8, 4) is 11.1 Å². The molecule has 3 rings (SSSR count). The van der Waals surface area contributed by atoms with E-state index in [4.69, 9.17) is 0 Å². The molecule has 84 valence electrons. The topological polar surface area (TPSA) is 0 Å². The van der Waals surface area contributed by atoms with Gasteiger partial charge in [0.25, 0.3) is 0 Å². The van der Waals surface area contributed by atoms with Gasteiger partial charge in [-0.05, 0) is 40.8 Å². The molecule has 0 saturated carbocycles. The van der Waals surface area contributed by atoms with Crippen molar-refractivity contribution in [2.75, 3.05) is 0 Å². The lowest BCUT2D eigenvalue weighted by Gasteiger charge is -2.16. The van der Waals surface area contributed by atoms with Gasteiger partial charge in [0, 0.05) is 0 Å². The molecule has 0 saturated heterocycles. The Balaban J connectivity index is 2.08. The zero-order chi connectivity index (χ0) is 11.7. The Hall–Kier alpha value is -1.89. The van der Waals surface area contributed by atoms with Gasteiger partial charge in [-0.15, -0.1) is 0 Å². The molecule has 1 heteroatoms. The quantitative estimate of drug-likeness (QED) is 0.627. The Morgan fingerprint density at radius 3 is 2.59 bits per heavy atom. The van der Waals surface area contributed by atoms with Crippen LogP contribution in [0.5, 0.6) is 0 Å². The fraction of sp³-hybridized carbons (Fsp3) is 0.125. The molecule has 0 aliphatic heterocycles. The molecule has 0 fully saturated rings. The lowest BCUT2D eigenvalue weighted by molar-refractivity contribution is 0.408. The average molecular weight is 224 g/mol. The maximum Gasteiger partial charge on any atom is 0.144 e. The van der Waals surface area contributed by atoms with Gasteiger partial charge in [-0.3, -0.25) is 0 Å². The molecular formula is C16H13F. The van der Waals surface area contributed by atoms with Crippen molar-refractivity contribution in [2.45, 2.75) is 12.6 Å². The third-order valence-corrected chi connectivity index (χ3v) is 3.19. The fourth-order valence-corrected chi connectivity index (χ4v) is 2.27. The monoisotopic (exact) mass is 224 g/mol. The molecule has 0 N–H and O–H groups in total. The minimum Gasteiger partial charge on any atom is -0.238 e. The summed E-state index contributed by atoms with van der Waals surface area (Å²) in [6.07, 6.45) is 3.42. The van der Waals surface area contributed by atoms with Crippen LogP contribution in [0.1, 0.15) is 17.3 Å². The Bertz CT molecular complexity index is 555. The number of halogens is 1. The maximum atomic E-state index is 13.8. The first-order chi connectivity index (χ1) is 8.34. The number of rotatable bonds is 1. The lowest BCUT2D eigenvalue weighted by Crippen LogP contribution is -2.00. The number of hydrogen-bond acceptors (Lipinski definition) is 0. The zero-order valence-electron chi connectivity index (χ0n) is 9.44. The molecule has 0 unspecified atom stereocenters. The number of benzene rings is 2. The van der Waals surface area contributed by atoms with Gasteiger partial charge in [0.1, 0.15) is 6.17 Å². The van der Waals surface area contributed by atoms with Crippen molar-refractivity contribution in [3.05, 3.63) is 71.8 Å². The lowest BCUT2D eigenvalue weighted by atomic mass is 9.92. The summed E-state index contributed by atoms with van der Waals surface area (Å²) in [7, 11) is 0. The largest absolute Gasteiger partial charge is 0.238 e. The summed E-state index contributed by atoms with van der Waals surface area (Å²) in [5.41, 5.74) is 4.13. The summed E-state index contributed by atoms with van der Waals surface area (Å²) in [6.45, 7) is 0. The molecule has 0 radical (unpaired) electrons. The molecule has 0 spiro atoms. The third-order valence-electron chi connectivity index (χ3n) is 3.19. The van der Waals surface area contributed by atoms with Crippen LogP contribution in [0.3, 0.4) is 0 Å². The SMILES string of the molecule is F[C@H]1C=CCc2ccc(-c3ccccc3)cc21. The Labute approximate surface area is 100 Å². The van der Waals surface area contributed by atoms with E-state index in [2.05, 4.69) is 6.07 Å². The number of alkyl halides is 1. The van der Waals surface area contributed by atoms with Gasteiger partial charge in [-0.25, -0.2) is 4.39 Å². The van der Waals surface area contributed by atoms with E-state index in [9.17, 15) is 4.39 Å². The standard InChI is InChI=1S/C16H13F/c17-16-8-4-7-13-9-10-14(11-15(13)16)12-5-2-1-3-6-12/h1-6,8-11,16H,7H2/t16-/m0/s1. The summed E-state index contributed by atoms with van der Waals surface area (Å²) in [6, 6.07) is 16.2. The van der Waals surface area contributed by atoms with Gasteiger partial charge in [-0.2, -0.15) is 0 Å². The average Bonchev–Trinajstić information content (AvgIpc) is 2.40. The van der Waals surface area contributed by atoms with Gasteiger partial charge >= 0.3 is 0 Å². The van der Waals surface area contributed by atoms with Crippen molar-refractivity contribution < 1.29 is 4.39 Å². The highest BCUT2D eigenvalue weighted by atomic mass is 19.1. The van der Waals surface area contributed by atoms with E-state index in [0.717, 1.165) is 28.7 Å². The minimum absolute atomic E-state index is 0.814. The van der Waals surface area contributed by atoms with Crippen LogP contribution in [0.4, 0.5) is 4.39 Å². The van der Waals surface area contributed by atoms with Crippen molar-refractivity contribution in [3.63, 3.8) is 0 Å². The molecule has 2 aromatic carbocycles. The van der Waals surface area contributed by atoms with Gasteiger partial charge in [0.05, 0.1) is 0 Å². The number of fused-ring (bicyclic) bond motifs is 1. The van der Waals surface area contributed by atoms with Crippen LogP contribution < -0.4 is 0 Å². The summed E-state index contributed by atoms with van der Waals surface area (Å²) in [5, 5.41) is 0. The van der Waals surface area contributed by atoms with Crippen LogP contribution in [-0.2, 0) is 6.42 Å². The second-order valence-corrected chi connectivity index (χ2v) is 4.31. The van der Waals surface area contributed by atoms with E-state index in [1.807, 2.05) is 48.5 Å². The highest BCUT2D eigenvalue weighted by molar-refractivity contribution is 5.65. The first-order valence-corrected chi connectivity index (χ1v) is 5.83. The second kappa shape index (κ2) is 4.17. The molecule has 17 heavy (non-hydrogen) atoms. The molecule has 0 nitrogen and oxygen atoms in total. The van der Waals surface area contributed by atoms with E-state index in [-0.39, 0.29) is 0 Å². The van der Waals surface area contributed by atoms with Crippen LogP contribution in [0, 0.1) is 0 Å². The Morgan fingerprint density at radius 2 is 1.76 bits per heavy atom. The summed E-state index contributed by atoms with van der Waals surface area (Å²) in [4.78, 5) is 0. The summed E-state index contributed by atoms with van der Waals surface area (Å²) in [5.74, 6) is 0.